The van der Waals surface area contributed by atoms with E-state index in [1.165, 1.54) is 41.7 Å². The monoisotopic (exact) mass is 1940 g/mol. The zero-order chi connectivity index (χ0) is 100. The number of hydrogen-bond acceptors (Lipinski definition) is 21. The molecule has 4 aromatic carbocycles. The topological polar surface area (TPSA) is 379 Å². The normalized spacial score (nSPS) is 22.1. The molecule has 5 aliphatic heterocycles. The molecule has 37 heteroatoms. The summed E-state index contributed by atoms with van der Waals surface area (Å²) in [5, 5.41) is 66.9. The number of carbonyl (C=O) groups excluding carboxylic acids is 4. The Labute approximate surface area is 791 Å². The SMILES string of the molecule is C#CC[C@@H]1[C@@H](O)CCN1C(=O)OC(C)(C)C.CCOC(=O)c1cn(C2CC2)c2c(/C=C\C[C@H]3CCC[C@@H]3O)c(F)c(F)cc2c1=O.CCOC(=O)c1cn(C2CC2)c2c(C#CC[C@H]3CCC[C@@H]3O)c(F)c(F)cc2c1=O.CCOC(=O)c1cn(C2CC2)c2c3c(c(F)cc2c1=O)N1CC[C@H](O)[C@H]1CC=C3.O=C(O)C(F)(F)F.O=C(O)c1cn(C2CC2)c2c3c(c(F)cc2c1=O)N1CC[C@H](O)[C@H]1CC=C3. The second-order valence-electron chi connectivity index (χ2n) is 37.4. The van der Waals surface area contributed by atoms with Gasteiger partial charge in [0.05, 0.1) is 129 Å². The van der Waals surface area contributed by atoms with E-state index in [1.807, 2.05) is 64.0 Å². The largest absolute Gasteiger partial charge is 0.490 e. The number of amides is 1. The first kappa shape index (κ1) is 102. The predicted octanol–water partition coefficient (Wildman–Crippen LogP) is 15.6. The van der Waals surface area contributed by atoms with Crippen molar-refractivity contribution in [1.82, 2.24) is 23.2 Å². The lowest BCUT2D eigenvalue weighted by Crippen LogP contribution is -2.42. The van der Waals surface area contributed by atoms with Crippen LogP contribution in [0.3, 0.4) is 0 Å². The van der Waals surface area contributed by atoms with Crippen LogP contribution in [0.5, 0.6) is 0 Å². The average Bonchev–Trinajstić information content (AvgIpc) is 1.69. The third-order valence-electron chi connectivity index (χ3n) is 26.7. The van der Waals surface area contributed by atoms with Crippen molar-refractivity contribution in [1.29, 1.82) is 0 Å². The van der Waals surface area contributed by atoms with Crippen molar-refractivity contribution in [3.8, 4) is 24.2 Å². The number of aliphatic hydroxyl groups is 5. The summed E-state index contributed by atoms with van der Waals surface area (Å²) in [6.45, 7) is 12.4. The Morgan fingerprint density at radius 2 is 0.871 bits per heavy atom. The molecule has 6 saturated carbocycles. The van der Waals surface area contributed by atoms with E-state index in [2.05, 4.69) is 17.8 Å². The highest BCUT2D eigenvalue weighted by molar-refractivity contribution is 6.02. The molecule has 4 aromatic heterocycles. The van der Waals surface area contributed by atoms with Gasteiger partial charge in [0.1, 0.15) is 39.5 Å². The number of esters is 3. The van der Waals surface area contributed by atoms with Gasteiger partial charge in [-0.3, -0.25) is 19.2 Å². The Morgan fingerprint density at radius 1 is 0.482 bits per heavy atom. The summed E-state index contributed by atoms with van der Waals surface area (Å²) in [6, 6.07) is 3.77. The molecule has 7 N–H and O–H groups in total. The van der Waals surface area contributed by atoms with Crippen molar-refractivity contribution in [2.24, 2.45) is 11.8 Å². The van der Waals surface area contributed by atoms with Crippen LogP contribution in [-0.2, 0) is 23.7 Å². The van der Waals surface area contributed by atoms with Crippen molar-refractivity contribution >= 4 is 109 Å². The van der Waals surface area contributed by atoms with Gasteiger partial charge in [-0.2, -0.15) is 13.2 Å². The number of alkyl halides is 3. The maximum atomic E-state index is 15.3. The minimum Gasteiger partial charge on any atom is -0.477 e. The lowest BCUT2D eigenvalue weighted by Gasteiger charge is -2.28. The fourth-order valence-electron chi connectivity index (χ4n) is 19.3. The van der Waals surface area contributed by atoms with Gasteiger partial charge in [0.25, 0.3) is 0 Å². The number of carbonyl (C=O) groups is 6. The van der Waals surface area contributed by atoms with Gasteiger partial charge >= 0.3 is 42.1 Å². The molecule has 10 atom stereocenters. The van der Waals surface area contributed by atoms with Crippen LogP contribution in [0.2, 0.25) is 0 Å². The van der Waals surface area contributed by atoms with Crippen molar-refractivity contribution < 1.29 is 123 Å². The van der Waals surface area contributed by atoms with Gasteiger partial charge in [0.2, 0.25) is 21.7 Å². The van der Waals surface area contributed by atoms with Crippen LogP contribution in [-0.4, -0.2) is 195 Å². The summed E-state index contributed by atoms with van der Waals surface area (Å²) >= 11 is 0. The summed E-state index contributed by atoms with van der Waals surface area (Å²) < 4.78 is 148. The molecule has 9 heterocycles. The molecule has 0 radical (unpaired) electrons. The van der Waals surface area contributed by atoms with Crippen LogP contribution in [0.1, 0.15) is 271 Å². The van der Waals surface area contributed by atoms with Gasteiger partial charge in [0.15, 0.2) is 23.3 Å². The molecule has 28 nitrogen and oxygen atoms in total. The highest BCUT2D eigenvalue weighted by atomic mass is 19.4. The van der Waals surface area contributed by atoms with Gasteiger partial charge in [-0.05, 0) is 193 Å². The van der Waals surface area contributed by atoms with Crippen molar-refractivity contribution in [3.63, 3.8) is 0 Å². The molecule has 19 rings (SSSR count). The number of likely N-dealkylation sites (tertiary alicyclic amines) is 1. The lowest BCUT2D eigenvalue weighted by atomic mass is 9.99. The maximum Gasteiger partial charge on any atom is 0.490 e. The molecule has 1 amide bonds. The van der Waals surface area contributed by atoms with E-state index >= 15 is 8.78 Å². The molecule has 139 heavy (non-hydrogen) atoms. The molecule has 6 aliphatic carbocycles. The van der Waals surface area contributed by atoms with Gasteiger partial charge in [0, 0.05) is 98.1 Å². The van der Waals surface area contributed by atoms with E-state index in [9.17, 15) is 105 Å². The number of aromatic carboxylic acids is 1. The summed E-state index contributed by atoms with van der Waals surface area (Å²) in [4.78, 5) is 126. The van der Waals surface area contributed by atoms with E-state index in [4.69, 9.17) is 35.3 Å². The number of allylic oxidation sites excluding steroid dienone is 1. The number of aliphatic hydroxyl groups excluding tert-OH is 5. The number of fused-ring (bicyclic) bond motifs is 12. The third kappa shape index (κ3) is 22.2. The molecule has 0 spiro atoms. The summed E-state index contributed by atoms with van der Waals surface area (Å²) in [5.74, 6) is -3.61. The number of ether oxygens (including phenoxy) is 4. The standard InChI is InChI=1S/C23H25F2NO4.C23H23F2NO4.C22H23FN2O4.C20H19FN2O4.C12H19NO3.C2HF3O2/c2*1-2-30-23(29)17-12-26(14-9-10-14)21-15(7-3-5-13-6-4-8-19(13)27)20(25)18(24)11-16(21)22(17)28;1-2-29-22(28)15-11-25(12-6-7-12)19-13-4-3-5-17-18(26)8-9-24(17)20(13)16(23)10-14(19)21(15)27;21-14-8-12-17(23(10-4-5-10)9-13(19(12)25)20(26)27)11-2-1-3-15-16(24)6-7-22(15)18(11)14;1-5-6-9-10(14)7-8-13(9)11(15)16-12(2,3)4;3-2(4,5)1(6)7/h3,7,11-14,19,27H,2,4-6,8-10H2,1H3;11-14,19,27H,2,4-6,8-10H2,1H3;3-4,10-12,17-18,26H,2,5-9H2,1H3;1-2,8-10,15-16,24H,3-7H2,(H,26,27);1,9-10,14H,6-8H2,2-4H3;(H,6,7)/b7-3-;;;;;/t2*13-,19-;17-,18+;15-,16+;9-,10+;/m00111./s1. The quantitative estimate of drug-likeness (QED) is 0.0204. The minimum atomic E-state index is -5.08. The number of carboxylic acid groups (broad SMARTS) is 2. The van der Waals surface area contributed by atoms with Crippen LogP contribution in [0, 0.1) is 70.9 Å². The number of nitrogens with zero attached hydrogens (tertiary/aromatic N) is 7. The average molecular weight is 1940 g/mol. The van der Waals surface area contributed by atoms with E-state index in [0.29, 0.717) is 105 Å². The maximum absolute atomic E-state index is 15.3. The zero-order valence-electron chi connectivity index (χ0n) is 77.4. The molecule has 742 valence electrons. The number of terminal acetylenes is 1. The Bertz CT molecular complexity index is 6620. The van der Waals surface area contributed by atoms with E-state index in [-0.39, 0.29) is 146 Å². The van der Waals surface area contributed by atoms with Crippen molar-refractivity contribution in [3.05, 3.63) is 188 Å². The van der Waals surface area contributed by atoms with Crippen LogP contribution in [0.15, 0.2) is 86.5 Å². The number of halogens is 9. The second-order valence-corrected chi connectivity index (χ2v) is 37.4. The van der Waals surface area contributed by atoms with Crippen LogP contribution < -0.4 is 31.5 Å². The highest BCUT2D eigenvalue weighted by Crippen LogP contribution is 2.48. The molecule has 0 bridgehead atoms. The predicted molar refractivity (Wildman–Crippen MR) is 498 cm³/mol. The van der Waals surface area contributed by atoms with Gasteiger partial charge in [-0.25, -0.2) is 55.1 Å². The highest BCUT2D eigenvalue weighted by Gasteiger charge is 2.44. The number of rotatable bonds is 16. The third-order valence-corrected chi connectivity index (χ3v) is 26.7. The number of benzene rings is 4. The molecule has 0 unspecified atom stereocenters. The number of aliphatic carboxylic acids is 1. The fraction of sp³-hybridized carbons (Fsp3) is 0.490. The smallest absolute Gasteiger partial charge is 0.477 e. The van der Waals surface area contributed by atoms with Gasteiger partial charge < -0.3 is 87.7 Å². The Balaban J connectivity index is 0.000000138. The number of aromatic nitrogens is 4. The van der Waals surface area contributed by atoms with Crippen LogP contribution in [0.25, 0.3) is 61.8 Å². The Morgan fingerprint density at radius 3 is 1.27 bits per heavy atom. The van der Waals surface area contributed by atoms with E-state index < -0.39 is 129 Å². The van der Waals surface area contributed by atoms with E-state index in [0.717, 1.165) is 102 Å². The number of carboxylic acids is 2. The van der Waals surface area contributed by atoms with Crippen molar-refractivity contribution in [2.75, 3.05) is 49.3 Å². The molecular formula is C102H110F9N7O21. The number of pyridine rings is 4. The zero-order valence-corrected chi connectivity index (χ0v) is 77.4. The van der Waals surface area contributed by atoms with Gasteiger partial charge in [-0.1, -0.05) is 61.1 Å². The minimum absolute atomic E-state index is 0.00287. The Hall–Kier alpha value is -12.6. The van der Waals surface area contributed by atoms with Crippen LogP contribution >= 0.6 is 0 Å². The summed E-state index contributed by atoms with van der Waals surface area (Å²) in [5.41, 5.74) is -0.194. The molecule has 3 saturated heterocycles. The summed E-state index contributed by atoms with van der Waals surface area (Å²) in [7, 11) is 0. The lowest BCUT2D eigenvalue weighted by molar-refractivity contribution is -0.192. The second kappa shape index (κ2) is 42.6. The molecule has 11 aliphatic rings. The first-order valence-corrected chi connectivity index (χ1v) is 47.0. The molecule has 8 aromatic rings. The van der Waals surface area contributed by atoms with Crippen LogP contribution in [0.4, 0.5) is 55.7 Å². The summed E-state index contributed by atoms with van der Waals surface area (Å²) in [6.07, 6.45) is 30.2. The number of anilines is 2. The van der Waals surface area contributed by atoms with Gasteiger partial charge in [-0.15, -0.1) is 12.3 Å². The molecular weight excluding hydrogens is 1830 g/mol. The van der Waals surface area contributed by atoms with E-state index in [1.54, 1.807) is 42.2 Å². The Kier molecular flexibility index (Phi) is 31.4. The fourth-order valence-corrected chi connectivity index (χ4v) is 19.3. The van der Waals surface area contributed by atoms with Crippen molar-refractivity contribution in [2.45, 2.75) is 267 Å². The first-order valence-electron chi connectivity index (χ1n) is 47.0. The molecule has 9 fully saturated rings. The first-order chi connectivity index (χ1) is 66.1. The number of hydrogen-bond donors (Lipinski definition) is 7.